The molecule has 0 radical (unpaired) electrons. The molecule has 0 unspecified atom stereocenters. The third-order valence-electron chi connectivity index (χ3n) is 6.48. The number of ether oxygens (including phenoxy) is 1. The van der Waals surface area contributed by atoms with Gasteiger partial charge in [0.25, 0.3) is 8.32 Å². The van der Waals surface area contributed by atoms with Gasteiger partial charge in [-0.2, -0.15) is 0 Å². The van der Waals surface area contributed by atoms with Crippen molar-refractivity contribution in [1.82, 2.24) is 15.1 Å². The second-order valence-electron chi connectivity index (χ2n) is 11.3. The summed E-state index contributed by atoms with van der Waals surface area (Å²) in [6.45, 7) is 13.1. The molecular weight excluding hydrogens is 470 g/mol. The molecule has 8 heteroatoms. The molecular formula is C28H37N3O4Si. The number of likely N-dealkylation sites (tertiary alicyclic amines) is 1. The summed E-state index contributed by atoms with van der Waals surface area (Å²) in [5, 5.41) is 10.8. The van der Waals surface area contributed by atoms with Crippen molar-refractivity contribution in [2.24, 2.45) is 0 Å². The third kappa shape index (κ3) is 5.39. The minimum Gasteiger partial charge on any atom is -0.444 e. The molecule has 2 heterocycles. The first-order valence-corrected chi connectivity index (χ1v) is 14.5. The van der Waals surface area contributed by atoms with Crippen LogP contribution < -0.4 is 10.4 Å². The normalized spacial score (nSPS) is 16.8. The van der Waals surface area contributed by atoms with Gasteiger partial charge in [0.05, 0.1) is 0 Å². The third-order valence-corrected chi connectivity index (χ3v) is 11.5. The number of nitrogens with zero attached hydrogens (tertiary/aromatic N) is 3. The Bertz CT molecular complexity index is 1110. The van der Waals surface area contributed by atoms with E-state index in [1.807, 2.05) is 32.9 Å². The Labute approximate surface area is 215 Å². The van der Waals surface area contributed by atoms with Gasteiger partial charge in [0.15, 0.2) is 0 Å². The number of benzene rings is 2. The first-order valence-electron chi connectivity index (χ1n) is 12.6. The number of carbonyl (C=O) groups is 1. The molecule has 192 valence electrons. The summed E-state index contributed by atoms with van der Waals surface area (Å²) in [5.41, 5.74) is -0.562. The highest BCUT2D eigenvalue weighted by Crippen LogP contribution is 2.38. The number of rotatable bonds is 6. The van der Waals surface area contributed by atoms with Crippen molar-refractivity contribution in [3.05, 3.63) is 72.4 Å². The Morgan fingerprint density at radius 2 is 1.56 bits per heavy atom. The van der Waals surface area contributed by atoms with E-state index < -0.39 is 13.9 Å². The van der Waals surface area contributed by atoms with E-state index in [1.165, 1.54) is 10.4 Å². The summed E-state index contributed by atoms with van der Waals surface area (Å²) >= 11 is 0. The maximum atomic E-state index is 12.7. The lowest BCUT2D eigenvalue weighted by Gasteiger charge is -2.42. The van der Waals surface area contributed by atoms with Gasteiger partial charge in [-0.05, 0) is 49.0 Å². The van der Waals surface area contributed by atoms with Gasteiger partial charge in [-0.25, -0.2) is 4.79 Å². The van der Waals surface area contributed by atoms with Gasteiger partial charge in [-0.15, -0.1) is 10.2 Å². The zero-order valence-electron chi connectivity index (χ0n) is 22.2. The van der Waals surface area contributed by atoms with Crippen LogP contribution in [0.4, 0.5) is 4.79 Å². The average Bonchev–Trinajstić information content (AvgIpc) is 3.49. The molecule has 1 fully saturated rings. The van der Waals surface area contributed by atoms with E-state index in [2.05, 4.69) is 79.5 Å². The largest absolute Gasteiger partial charge is 0.444 e. The first-order chi connectivity index (χ1) is 17.0. The lowest BCUT2D eigenvalue weighted by atomic mass is 10.2. The lowest BCUT2D eigenvalue weighted by molar-refractivity contribution is 0.0202. The summed E-state index contributed by atoms with van der Waals surface area (Å²) in [7, 11) is -2.72. The molecule has 2 aromatic carbocycles. The predicted molar refractivity (Wildman–Crippen MR) is 142 cm³/mol. The topological polar surface area (TPSA) is 77.7 Å². The van der Waals surface area contributed by atoms with Crippen molar-refractivity contribution in [3.63, 3.8) is 0 Å². The highest BCUT2D eigenvalue weighted by molar-refractivity contribution is 6.99. The molecule has 36 heavy (non-hydrogen) atoms. The van der Waals surface area contributed by atoms with E-state index in [0.717, 1.165) is 12.8 Å². The minimum absolute atomic E-state index is 0.155. The SMILES string of the molecule is CC(C)(C)OC(=O)N1CCC[C@H]1c1nnc(CO[Si](c2ccccc2)(c2ccccc2)C(C)(C)C)o1. The standard InChI is InChI=1S/C28H37N3O4Si/c1-27(2,3)35-26(32)31-19-13-18-23(31)25-30-29-24(34-25)20-33-36(28(4,5)6,21-14-9-7-10-15-21)22-16-11-8-12-17-22/h7-12,14-17,23H,13,18-20H2,1-6H3/t23-/m0/s1. The summed E-state index contributed by atoms with van der Waals surface area (Å²) in [5.74, 6) is 0.841. The molecule has 1 aromatic heterocycles. The van der Waals surface area contributed by atoms with Crippen LogP contribution in [0.15, 0.2) is 65.1 Å². The number of amides is 1. The zero-order valence-corrected chi connectivity index (χ0v) is 23.2. The van der Waals surface area contributed by atoms with E-state index in [0.29, 0.717) is 18.3 Å². The van der Waals surface area contributed by atoms with Crippen LogP contribution in [0.1, 0.15) is 72.2 Å². The summed E-state index contributed by atoms with van der Waals surface area (Å²) < 4.78 is 18.6. The molecule has 0 aliphatic carbocycles. The van der Waals surface area contributed by atoms with Crippen molar-refractivity contribution >= 4 is 24.8 Å². The van der Waals surface area contributed by atoms with E-state index in [4.69, 9.17) is 13.6 Å². The molecule has 0 N–H and O–H groups in total. The number of carbonyl (C=O) groups excluding carboxylic acids is 1. The van der Waals surface area contributed by atoms with Gasteiger partial charge >= 0.3 is 6.09 Å². The lowest BCUT2D eigenvalue weighted by Crippen LogP contribution is -2.66. The van der Waals surface area contributed by atoms with Crippen LogP contribution in [0.2, 0.25) is 5.04 Å². The Morgan fingerprint density at radius 3 is 2.08 bits per heavy atom. The fourth-order valence-corrected chi connectivity index (χ4v) is 9.45. The summed E-state index contributed by atoms with van der Waals surface area (Å²) in [6.07, 6.45) is 1.27. The fourth-order valence-electron chi connectivity index (χ4n) is 4.95. The van der Waals surface area contributed by atoms with Crippen LogP contribution in [-0.4, -0.2) is 41.7 Å². The van der Waals surface area contributed by atoms with Crippen LogP contribution in [0, 0.1) is 0 Å². The van der Waals surface area contributed by atoms with E-state index >= 15 is 0 Å². The molecule has 1 amide bonds. The number of hydrogen-bond donors (Lipinski definition) is 0. The van der Waals surface area contributed by atoms with Crippen LogP contribution >= 0.6 is 0 Å². The second kappa shape index (κ2) is 10.2. The highest BCUT2D eigenvalue weighted by atomic mass is 28.4. The van der Waals surface area contributed by atoms with E-state index in [1.54, 1.807) is 4.90 Å². The van der Waals surface area contributed by atoms with Crippen molar-refractivity contribution in [1.29, 1.82) is 0 Å². The van der Waals surface area contributed by atoms with Gasteiger partial charge < -0.3 is 13.6 Å². The van der Waals surface area contributed by atoms with E-state index in [9.17, 15) is 4.79 Å². The predicted octanol–water partition coefficient (Wildman–Crippen LogP) is 5.22. The van der Waals surface area contributed by atoms with Crippen molar-refractivity contribution in [2.45, 2.75) is 77.7 Å². The molecule has 3 aromatic rings. The van der Waals surface area contributed by atoms with Crippen molar-refractivity contribution < 1.29 is 18.4 Å². The molecule has 1 aliphatic heterocycles. The van der Waals surface area contributed by atoms with Crippen LogP contribution in [0.25, 0.3) is 0 Å². The van der Waals surface area contributed by atoms with Crippen LogP contribution in [-0.2, 0) is 15.8 Å². The molecule has 1 atom stereocenters. The fraction of sp³-hybridized carbons (Fsp3) is 0.464. The quantitative estimate of drug-likeness (QED) is 0.426. The molecule has 7 nitrogen and oxygen atoms in total. The maximum Gasteiger partial charge on any atom is 0.410 e. The van der Waals surface area contributed by atoms with Gasteiger partial charge in [0, 0.05) is 6.54 Å². The minimum atomic E-state index is -2.72. The monoisotopic (exact) mass is 507 g/mol. The smallest absolute Gasteiger partial charge is 0.410 e. The second-order valence-corrected chi connectivity index (χ2v) is 15.6. The molecule has 0 bridgehead atoms. The van der Waals surface area contributed by atoms with Crippen molar-refractivity contribution in [2.75, 3.05) is 6.54 Å². The zero-order chi connectivity index (χ0) is 26.0. The van der Waals surface area contributed by atoms with Crippen molar-refractivity contribution in [3.8, 4) is 0 Å². The Morgan fingerprint density at radius 1 is 0.972 bits per heavy atom. The molecule has 1 aliphatic rings. The summed E-state index contributed by atoms with van der Waals surface area (Å²) in [4.78, 5) is 14.4. The van der Waals surface area contributed by atoms with Crippen LogP contribution in [0.3, 0.4) is 0 Å². The number of hydrogen-bond acceptors (Lipinski definition) is 6. The average molecular weight is 508 g/mol. The summed E-state index contributed by atoms with van der Waals surface area (Å²) in [6, 6.07) is 20.6. The Balaban J connectivity index is 1.60. The molecule has 4 rings (SSSR count). The molecule has 0 saturated carbocycles. The van der Waals surface area contributed by atoms with Crippen LogP contribution in [0.5, 0.6) is 0 Å². The molecule has 1 saturated heterocycles. The van der Waals surface area contributed by atoms with Gasteiger partial charge in [0.2, 0.25) is 11.8 Å². The van der Waals surface area contributed by atoms with E-state index in [-0.39, 0.29) is 23.8 Å². The first kappa shape index (κ1) is 26.1. The Kier molecular flexibility index (Phi) is 7.38. The van der Waals surface area contributed by atoms with Gasteiger partial charge in [-0.1, -0.05) is 81.4 Å². The van der Waals surface area contributed by atoms with Gasteiger partial charge in [0.1, 0.15) is 18.2 Å². The highest BCUT2D eigenvalue weighted by Gasteiger charge is 2.50. The molecule has 0 spiro atoms. The van der Waals surface area contributed by atoms with Gasteiger partial charge in [-0.3, -0.25) is 4.90 Å². The maximum absolute atomic E-state index is 12.7. The Hall–Kier alpha value is -2.97. The number of aromatic nitrogens is 2.